The quantitative estimate of drug-likeness (QED) is 0.940. The van der Waals surface area contributed by atoms with Gasteiger partial charge in [-0.2, -0.15) is 0 Å². The van der Waals surface area contributed by atoms with Crippen LogP contribution in [-0.2, 0) is 13.2 Å². The average Bonchev–Trinajstić information content (AvgIpc) is 2.74. The molecule has 0 spiro atoms. The first kappa shape index (κ1) is 14.2. The molecule has 1 aromatic carbocycles. The van der Waals surface area contributed by atoms with Crippen LogP contribution in [0, 0.1) is 12.8 Å². The van der Waals surface area contributed by atoms with Crippen molar-refractivity contribution in [2.24, 2.45) is 5.92 Å². The monoisotopic (exact) mass is 323 g/mol. The van der Waals surface area contributed by atoms with Gasteiger partial charge < -0.3 is 9.67 Å². The summed E-state index contributed by atoms with van der Waals surface area (Å²) >= 11 is 3.56. The minimum atomic E-state index is -0.0941. The molecule has 1 heterocycles. The lowest BCUT2D eigenvalue weighted by Crippen LogP contribution is -2.10. The molecule has 0 aliphatic rings. The van der Waals surface area contributed by atoms with Crippen LogP contribution in [0.5, 0.6) is 0 Å². The number of rotatable bonds is 4. The van der Waals surface area contributed by atoms with Gasteiger partial charge in [-0.05, 0) is 25.0 Å². The van der Waals surface area contributed by atoms with E-state index in [0.717, 1.165) is 22.4 Å². The average molecular weight is 324 g/mol. The first-order valence-electron chi connectivity index (χ1n) is 6.32. The Hall–Kier alpha value is -1.20. The number of aromatic nitrogens is 3. The van der Waals surface area contributed by atoms with Gasteiger partial charge >= 0.3 is 0 Å². The zero-order chi connectivity index (χ0) is 14.0. The standard InChI is InChI=1S/C14H18BrN3O/c1-9(2)7-18-13(8-19)16-17-14(18)11-6-10(3)4-5-12(11)15/h4-6,9,19H,7-8H2,1-3H3. The van der Waals surface area contributed by atoms with E-state index in [1.165, 1.54) is 5.56 Å². The third-order valence-corrected chi connectivity index (χ3v) is 3.57. The summed E-state index contributed by atoms with van der Waals surface area (Å²) in [6, 6.07) is 6.13. The molecule has 0 radical (unpaired) electrons. The highest BCUT2D eigenvalue weighted by Gasteiger charge is 2.16. The number of aliphatic hydroxyl groups excluding tert-OH is 1. The molecule has 1 N–H and O–H groups in total. The van der Waals surface area contributed by atoms with Gasteiger partial charge in [-0.1, -0.05) is 41.4 Å². The molecule has 19 heavy (non-hydrogen) atoms. The lowest BCUT2D eigenvalue weighted by molar-refractivity contribution is 0.262. The summed E-state index contributed by atoms with van der Waals surface area (Å²) in [4.78, 5) is 0. The number of aliphatic hydroxyl groups is 1. The van der Waals surface area contributed by atoms with E-state index in [1.807, 2.05) is 23.6 Å². The van der Waals surface area contributed by atoms with Crippen molar-refractivity contribution >= 4 is 15.9 Å². The Morgan fingerprint density at radius 1 is 1.32 bits per heavy atom. The lowest BCUT2D eigenvalue weighted by atomic mass is 10.1. The highest BCUT2D eigenvalue weighted by molar-refractivity contribution is 9.10. The molecule has 0 fully saturated rings. The molecule has 0 atom stereocenters. The number of hydrogen-bond acceptors (Lipinski definition) is 3. The van der Waals surface area contributed by atoms with Crippen molar-refractivity contribution < 1.29 is 5.11 Å². The number of benzene rings is 1. The predicted molar refractivity (Wildman–Crippen MR) is 78.7 cm³/mol. The van der Waals surface area contributed by atoms with Gasteiger partial charge in [0.2, 0.25) is 0 Å². The number of nitrogens with zero attached hydrogens (tertiary/aromatic N) is 3. The summed E-state index contributed by atoms with van der Waals surface area (Å²) in [5.41, 5.74) is 2.18. The van der Waals surface area contributed by atoms with Crippen LogP contribution in [0.15, 0.2) is 22.7 Å². The van der Waals surface area contributed by atoms with E-state index in [-0.39, 0.29) is 6.61 Å². The van der Waals surface area contributed by atoms with Gasteiger partial charge in [0.25, 0.3) is 0 Å². The van der Waals surface area contributed by atoms with Crippen LogP contribution in [-0.4, -0.2) is 19.9 Å². The molecule has 0 saturated heterocycles. The van der Waals surface area contributed by atoms with Gasteiger partial charge in [0, 0.05) is 16.6 Å². The number of hydrogen-bond donors (Lipinski definition) is 1. The first-order chi connectivity index (χ1) is 9.02. The van der Waals surface area contributed by atoms with Crippen molar-refractivity contribution in [3.8, 4) is 11.4 Å². The van der Waals surface area contributed by atoms with E-state index in [4.69, 9.17) is 0 Å². The van der Waals surface area contributed by atoms with E-state index in [0.29, 0.717) is 11.7 Å². The van der Waals surface area contributed by atoms with Gasteiger partial charge in [0.15, 0.2) is 11.6 Å². The number of halogens is 1. The molecule has 0 bridgehead atoms. The summed E-state index contributed by atoms with van der Waals surface area (Å²) in [5, 5.41) is 17.7. The normalized spacial score (nSPS) is 11.3. The second-order valence-corrected chi connectivity index (χ2v) is 5.94. The minimum Gasteiger partial charge on any atom is -0.388 e. The topological polar surface area (TPSA) is 50.9 Å². The van der Waals surface area contributed by atoms with Crippen molar-refractivity contribution in [1.82, 2.24) is 14.8 Å². The Bertz CT molecular complexity index is 578. The van der Waals surface area contributed by atoms with Crippen LogP contribution in [0.3, 0.4) is 0 Å². The van der Waals surface area contributed by atoms with Crippen LogP contribution in [0.2, 0.25) is 0 Å². The van der Waals surface area contributed by atoms with Crippen molar-refractivity contribution in [3.63, 3.8) is 0 Å². The predicted octanol–water partition coefficient (Wildman–Crippen LogP) is 3.16. The van der Waals surface area contributed by atoms with Gasteiger partial charge in [0.1, 0.15) is 6.61 Å². The summed E-state index contributed by atoms with van der Waals surface area (Å²) < 4.78 is 2.98. The SMILES string of the molecule is Cc1ccc(Br)c(-c2nnc(CO)n2CC(C)C)c1. The Morgan fingerprint density at radius 2 is 2.05 bits per heavy atom. The molecule has 1 aromatic heterocycles. The second kappa shape index (κ2) is 5.84. The fraction of sp³-hybridized carbons (Fsp3) is 0.429. The molecule has 2 aromatic rings. The van der Waals surface area contributed by atoms with Crippen molar-refractivity contribution in [3.05, 3.63) is 34.1 Å². The maximum Gasteiger partial charge on any atom is 0.165 e. The van der Waals surface area contributed by atoms with E-state index >= 15 is 0 Å². The highest BCUT2D eigenvalue weighted by Crippen LogP contribution is 2.29. The lowest BCUT2D eigenvalue weighted by Gasteiger charge is -2.13. The van der Waals surface area contributed by atoms with E-state index in [2.05, 4.69) is 46.0 Å². The van der Waals surface area contributed by atoms with Gasteiger partial charge in [-0.15, -0.1) is 10.2 Å². The maximum absolute atomic E-state index is 9.38. The van der Waals surface area contributed by atoms with E-state index in [9.17, 15) is 5.11 Å². The first-order valence-corrected chi connectivity index (χ1v) is 7.11. The molecule has 0 amide bonds. The Labute approximate surface area is 121 Å². The summed E-state index contributed by atoms with van der Waals surface area (Å²) in [6.45, 7) is 7.01. The highest BCUT2D eigenvalue weighted by atomic mass is 79.9. The van der Waals surface area contributed by atoms with Crippen LogP contribution in [0.1, 0.15) is 25.2 Å². The van der Waals surface area contributed by atoms with Gasteiger partial charge in [0.05, 0.1) is 0 Å². The fourth-order valence-electron chi connectivity index (χ4n) is 2.02. The third-order valence-electron chi connectivity index (χ3n) is 2.88. The number of aryl methyl sites for hydroxylation is 1. The summed E-state index contributed by atoms with van der Waals surface area (Å²) in [6.07, 6.45) is 0. The largest absolute Gasteiger partial charge is 0.388 e. The van der Waals surface area contributed by atoms with E-state index in [1.54, 1.807) is 0 Å². The van der Waals surface area contributed by atoms with Crippen molar-refractivity contribution in [2.45, 2.75) is 33.9 Å². The maximum atomic E-state index is 9.38. The minimum absolute atomic E-state index is 0.0941. The zero-order valence-corrected chi connectivity index (χ0v) is 13.0. The smallest absolute Gasteiger partial charge is 0.165 e. The zero-order valence-electron chi connectivity index (χ0n) is 11.4. The molecule has 0 saturated carbocycles. The molecule has 2 rings (SSSR count). The third kappa shape index (κ3) is 3.04. The van der Waals surface area contributed by atoms with Gasteiger partial charge in [-0.3, -0.25) is 0 Å². The second-order valence-electron chi connectivity index (χ2n) is 5.09. The Morgan fingerprint density at radius 3 is 2.68 bits per heavy atom. The van der Waals surface area contributed by atoms with E-state index < -0.39 is 0 Å². The van der Waals surface area contributed by atoms with Crippen molar-refractivity contribution in [1.29, 1.82) is 0 Å². The van der Waals surface area contributed by atoms with Crippen LogP contribution < -0.4 is 0 Å². The summed E-state index contributed by atoms with van der Waals surface area (Å²) in [7, 11) is 0. The molecule has 0 unspecified atom stereocenters. The van der Waals surface area contributed by atoms with Gasteiger partial charge in [-0.25, -0.2) is 0 Å². The van der Waals surface area contributed by atoms with Crippen LogP contribution in [0.4, 0.5) is 0 Å². The van der Waals surface area contributed by atoms with Crippen molar-refractivity contribution in [2.75, 3.05) is 0 Å². The molecular weight excluding hydrogens is 306 g/mol. The molecule has 0 aliphatic carbocycles. The molecule has 5 heteroatoms. The fourth-order valence-corrected chi connectivity index (χ4v) is 2.44. The Balaban J connectivity index is 2.55. The molecule has 4 nitrogen and oxygen atoms in total. The Kier molecular flexibility index (Phi) is 4.37. The van der Waals surface area contributed by atoms with Crippen LogP contribution in [0.25, 0.3) is 11.4 Å². The molecule has 0 aliphatic heterocycles. The molecule has 102 valence electrons. The molecular formula is C14H18BrN3O. The van der Waals surface area contributed by atoms with Crippen LogP contribution >= 0.6 is 15.9 Å². The summed E-state index contributed by atoms with van der Waals surface area (Å²) in [5.74, 6) is 1.87.